The molecule has 2 amide bonds. The highest BCUT2D eigenvalue weighted by molar-refractivity contribution is 6.41. The van der Waals surface area contributed by atoms with Crippen LogP contribution in [0.5, 0.6) is 0 Å². The maximum Gasteiger partial charge on any atom is 0.286 e. The first-order valence-electron chi connectivity index (χ1n) is 5.77. The third-order valence-electron chi connectivity index (χ3n) is 2.76. The minimum atomic E-state index is -0.771. The van der Waals surface area contributed by atoms with Crippen molar-refractivity contribution in [2.75, 3.05) is 0 Å². The summed E-state index contributed by atoms with van der Waals surface area (Å²) < 4.78 is 14.8. The number of hydrogen-bond donors (Lipinski definition) is 2. The van der Waals surface area contributed by atoms with Gasteiger partial charge in [0.05, 0.1) is 10.6 Å². The molecule has 0 spiro atoms. The molecule has 1 aromatic heterocycles. The Bertz CT molecular complexity index is 715. The van der Waals surface area contributed by atoms with Gasteiger partial charge in [-0.1, -0.05) is 35.3 Å². The fourth-order valence-electron chi connectivity index (χ4n) is 1.65. The van der Waals surface area contributed by atoms with Crippen LogP contribution in [-0.2, 0) is 7.05 Å². The minimum Gasteiger partial charge on any atom is -0.329 e. The Morgan fingerprint density at radius 1 is 1.14 bits per heavy atom. The van der Waals surface area contributed by atoms with Crippen molar-refractivity contribution in [1.82, 2.24) is 15.4 Å². The molecular formula is C13H10Cl2FN3O2. The largest absolute Gasteiger partial charge is 0.329 e. The summed E-state index contributed by atoms with van der Waals surface area (Å²) in [5.74, 6) is -2.09. The van der Waals surface area contributed by atoms with Gasteiger partial charge in [-0.3, -0.25) is 20.4 Å². The van der Waals surface area contributed by atoms with Crippen LogP contribution < -0.4 is 10.9 Å². The van der Waals surface area contributed by atoms with E-state index in [1.807, 2.05) is 0 Å². The minimum absolute atomic E-state index is 0.152. The lowest BCUT2D eigenvalue weighted by Crippen LogP contribution is -2.42. The zero-order valence-corrected chi connectivity index (χ0v) is 12.3. The molecule has 0 aliphatic carbocycles. The highest BCUT2D eigenvalue weighted by atomic mass is 35.5. The monoisotopic (exact) mass is 329 g/mol. The van der Waals surface area contributed by atoms with Crippen molar-refractivity contribution in [1.29, 1.82) is 0 Å². The van der Waals surface area contributed by atoms with E-state index in [2.05, 4.69) is 10.9 Å². The Morgan fingerprint density at radius 3 is 2.33 bits per heavy atom. The Hall–Kier alpha value is -2.05. The van der Waals surface area contributed by atoms with Gasteiger partial charge < -0.3 is 4.57 Å². The molecule has 8 heteroatoms. The van der Waals surface area contributed by atoms with E-state index in [0.717, 1.165) is 6.07 Å². The lowest BCUT2D eigenvalue weighted by atomic mass is 10.2. The molecule has 21 heavy (non-hydrogen) atoms. The van der Waals surface area contributed by atoms with E-state index in [1.54, 1.807) is 7.05 Å². The molecule has 0 unspecified atom stereocenters. The number of benzene rings is 1. The van der Waals surface area contributed by atoms with Crippen LogP contribution in [0.1, 0.15) is 20.8 Å². The van der Waals surface area contributed by atoms with E-state index in [4.69, 9.17) is 23.2 Å². The first kappa shape index (κ1) is 15.3. The van der Waals surface area contributed by atoms with Crippen LogP contribution in [-0.4, -0.2) is 16.4 Å². The predicted octanol–water partition coefficient (Wildman–Crippen LogP) is 2.55. The molecule has 0 saturated heterocycles. The van der Waals surface area contributed by atoms with Crippen molar-refractivity contribution in [3.8, 4) is 0 Å². The van der Waals surface area contributed by atoms with Gasteiger partial charge in [0.15, 0.2) is 0 Å². The predicted molar refractivity (Wildman–Crippen MR) is 76.8 cm³/mol. The van der Waals surface area contributed by atoms with Gasteiger partial charge in [-0.05, 0) is 18.2 Å². The highest BCUT2D eigenvalue weighted by Crippen LogP contribution is 2.24. The second-order valence-electron chi connectivity index (χ2n) is 4.12. The van der Waals surface area contributed by atoms with Gasteiger partial charge in [0, 0.05) is 7.05 Å². The first-order chi connectivity index (χ1) is 9.91. The summed E-state index contributed by atoms with van der Waals surface area (Å²) in [6, 6.07) is 6.77. The summed E-state index contributed by atoms with van der Waals surface area (Å²) in [5, 5.41) is 0.409. The van der Waals surface area contributed by atoms with Gasteiger partial charge >= 0.3 is 0 Å². The van der Waals surface area contributed by atoms with Crippen molar-refractivity contribution in [3.05, 3.63) is 57.6 Å². The van der Waals surface area contributed by atoms with E-state index in [9.17, 15) is 14.0 Å². The van der Waals surface area contributed by atoms with Crippen molar-refractivity contribution < 1.29 is 14.0 Å². The van der Waals surface area contributed by atoms with E-state index >= 15 is 0 Å². The third kappa shape index (κ3) is 3.17. The molecule has 1 heterocycles. The van der Waals surface area contributed by atoms with Gasteiger partial charge in [-0.25, -0.2) is 4.39 Å². The summed E-state index contributed by atoms with van der Waals surface area (Å²) in [6.45, 7) is 0. The SMILES string of the molecule is Cn1c(C(=O)NNC(=O)c2ccccc2F)cc(Cl)c1Cl. The molecule has 0 aliphatic heterocycles. The fraction of sp³-hybridized carbons (Fsp3) is 0.0769. The lowest BCUT2D eigenvalue weighted by Gasteiger charge is -2.08. The molecule has 0 atom stereocenters. The van der Waals surface area contributed by atoms with Crippen LogP contribution in [0, 0.1) is 5.82 Å². The summed E-state index contributed by atoms with van der Waals surface area (Å²) in [5.41, 5.74) is 4.25. The number of rotatable bonds is 2. The molecule has 0 bridgehead atoms. The molecule has 2 aromatic rings. The van der Waals surface area contributed by atoms with E-state index in [-0.39, 0.29) is 21.4 Å². The van der Waals surface area contributed by atoms with Gasteiger partial charge in [0.25, 0.3) is 11.8 Å². The zero-order chi connectivity index (χ0) is 15.6. The fourth-order valence-corrected chi connectivity index (χ4v) is 2.03. The Morgan fingerprint density at radius 2 is 1.76 bits per heavy atom. The van der Waals surface area contributed by atoms with Crippen molar-refractivity contribution in [2.24, 2.45) is 7.05 Å². The third-order valence-corrected chi connectivity index (χ3v) is 3.60. The molecule has 1 aromatic carbocycles. The molecular weight excluding hydrogens is 320 g/mol. The molecule has 0 radical (unpaired) electrons. The lowest BCUT2D eigenvalue weighted by molar-refractivity contribution is 0.0840. The molecule has 0 aliphatic rings. The van der Waals surface area contributed by atoms with Crippen LogP contribution in [0.15, 0.2) is 30.3 Å². The zero-order valence-electron chi connectivity index (χ0n) is 10.8. The number of carbonyl (C=O) groups excluding carboxylic acids is 2. The molecule has 0 fully saturated rings. The highest BCUT2D eigenvalue weighted by Gasteiger charge is 2.17. The van der Waals surface area contributed by atoms with E-state index in [1.165, 1.54) is 28.8 Å². The van der Waals surface area contributed by atoms with Crippen LogP contribution in [0.4, 0.5) is 4.39 Å². The first-order valence-corrected chi connectivity index (χ1v) is 6.53. The number of carbonyl (C=O) groups is 2. The van der Waals surface area contributed by atoms with Gasteiger partial charge in [-0.2, -0.15) is 0 Å². The van der Waals surface area contributed by atoms with Gasteiger partial charge in [0.1, 0.15) is 16.7 Å². The molecule has 2 N–H and O–H groups in total. The van der Waals surface area contributed by atoms with Gasteiger partial charge in [-0.15, -0.1) is 0 Å². The molecule has 110 valence electrons. The van der Waals surface area contributed by atoms with Crippen LogP contribution in [0.25, 0.3) is 0 Å². The number of halogens is 3. The number of hydrazine groups is 1. The standard InChI is InChI=1S/C13H10Cl2FN3O2/c1-19-10(6-8(14)11(19)15)13(21)18-17-12(20)7-4-2-3-5-9(7)16/h2-6H,1H3,(H,17,20)(H,18,21). The second kappa shape index (κ2) is 6.15. The number of aromatic nitrogens is 1. The van der Waals surface area contributed by atoms with Crippen LogP contribution >= 0.6 is 23.2 Å². The number of nitrogens with one attached hydrogen (secondary N) is 2. The van der Waals surface area contributed by atoms with Crippen molar-refractivity contribution >= 4 is 35.0 Å². The molecule has 2 rings (SSSR count). The number of amides is 2. The summed E-state index contributed by atoms with van der Waals surface area (Å²) in [6.07, 6.45) is 0. The average molecular weight is 330 g/mol. The summed E-state index contributed by atoms with van der Waals surface area (Å²) >= 11 is 11.6. The van der Waals surface area contributed by atoms with Gasteiger partial charge in [0.2, 0.25) is 0 Å². The Kier molecular flexibility index (Phi) is 4.50. The maximum atomic E-state index is 13.4. The van der Waals surface area contributed by atoms with E-state index < -0.39 is 17.6 Å². The quantitative estimate of drug-likeness (QED) is 0.831. The number of hydrogen-bond acceptors (Lipinski definition) is 2. The van der Waals surface area contributed by atoms with Crippen LogP contribution in [0.2, 0.25) is 10.2 Å². The average Bonchev–Trinajstić information content (AvgIpc) is 2.72. The Labute approximate surface area is 129 Å². The molecule has 0 saturated carbocycles. The Balaban J connectivity index is 2.06. The molecule has 5 nitrogen and oxygen atoms in total. The van der Waals surface area contributed by atoms with Crippen molar-refractivity contribution in [2.45, 2.75) is 0 Å². The topological polar surface area (TPSA) is 63.1 Å². The number of nitrogens with zero attached hydrogens (tertiary/aromatic N) is 1. The smallest absolute Gasteiger partial charge is 0.286 e. The summed E-state index contributed by atoms with van der Waals surface area (Å²) in [4.78, 5) is 23.6. The second-order valence-corrected chi connectivity index (χ2v) is 4.88. The van der Waals surface area contributed by atoms with Crippen LogP contribution in [0.3, 0.4) is 0 Å². The summed E-state index contributed by atoms with van der Waals surface area (Å²) in [7, 11) is 1.54. The normalized spacial score (nSPS) is 10.3. The maximum absolute atomic E-state index is 13.4. The van der Waals surface area contributed by atoms with Crippen molar-refractivity contribution in [3.63, 3.8) is 0 Å². The van der Waals surface area contributed by atoms with E-state index in [0.29, 0.717) is 0 Å².